The third kappa shape index (κ3) is 5.80. The number of rotatable bonds is 11. The second kappa shape index (κ2) is 8.84. The molecule has 128 valence electrons. The Morgan fingerprint density at radius 3 is 2.70 bits per heavy atom. The Balaban J connectivity index is 1.49. The van der Waals surface area contributed by atoms with Gasteiger partial charge < -0.3 is 19.3 Å². The van der Waals surface area contributed by atoms with Crippen molar-refractivity contribution in [1.82, 2.24) is 4.98 Å². The van der Waals surface area contributed by atoms with Crippen LogP contribution >= 0.6 is 0 Å². The first-order chi connectivity index (χ1) is 11.1. The van der Waals surface area contributed by atoms with Gasteiger partial charge in [0.25, 0.3) is 0 Å². The van der Waals surface area contributed by atoms with Crippen LogP contribution in [0.15, 0.2) is 18.3 Å². The summed E-state index contributed by atoms with van der Waals surface area (Å²) in [7, 11) is 0. The number of carboxylic acid groups (broad SMARTS) is 1. The molecular formula is C17H25NO5. The van der Waals surface area contributed by atoms with Crippen LogP contribution in [0.4, 0.5) is 0 Å². The number of unbranched alkanes of at least 4 members (excludes halogenated alkanes) is 3. The molecule has 6 heteroatoms. The Morgan fingerprint density at radius 1 is 1.30 bits per heavy atom. The number of pyridine rings is 1. The zero-order valence-corrected chi connectivity index (χ0v) is 13.6. The quantitative estimate of drug-likeness (QED) is 0.631. The maximum Gasteiger partial charge on any atom is 0.358 e. The second-order valence-electron chi connectivity index (χ2n) is 6.27. The van der Waals surface area contributed by atoms with Crippen LogP contribution in [-0.4, -0.2) is 49.1 Å². The molecule has 23 heavy (non-hydrogen) atoms. The minimum Gasteiger partial charge on any atom is -0.491 e. The van der Waals surface area contributed by atoms with Crippen molar-refractivity contribution >= 4 is 5.97 Å². The molecule has 1 saturated heterocycles. The number of hydrogen-bond donors (Lipinski definition) is 1. The zero-order chi connectivity index (χ0) is 16.5. The van der Waals surface area contributed by atoms with Gasteiger partial charge in [0, 0.05) is 18.2 Å². The number of carboxylic acids is 1. The van der Waals surface area contributed by atoms with E-state index in [4.69, 9.17) is 19.3 Å². The second-order valence-corrected chi connectivity index (χ2v) is 6.27. The van der Waals surface area contributed by atoms with E-state index in [-0.39, 0.29) is 11.1 Å². The summed E-state index contributed by atoms with van der Waals surface area (Å²) in [5.74, 6) is -0.734. The first-order valence-corrected chi connectivity index (χ1v) is 8.07. The van der Waals surface area contributed by atoms with E-state index < -0.39 is 5.97 Å². The number of aromatic carboxylic acids is 1. The van der Waals surface area contributed by atoms with Crippen LogP contribution < -0.4 is 4.74 Å². The van der Waals surface area contributed by atoms with Crippen molar-refractivity contribution in [3.8, 4) is 5.75 Å². The van der Waals surface area contributed by atoms with Gasteiger partial charge in [-0.1, -0.05) is 13.3 Å². The zero-order valence-electron chi connectivity index (χ0n) is 13.6. The Bertz CT molecular complexity index is 502. The number of nitrogens with zero attached hydrogens (tertiary/aromatic N) is 1. The van der Waals surface area contributed by atoms with Gasteiger partial charge in [-0.25, -0.2) is 9.78 Å². The van der Waals surface area contributed by atoms with Crippen LogP contribution in [0.3, 0.4) is 0 Å². The van der Waals surface area contributed by atoms with Gasteiger partial charge in [0.1, 0.15) is 0 Å². The van der Waals surface area contributed by atoms with E-state index in [2.05, 4.69) is 11.9 Å². The number of ether oxygens (including phenoxy) is 3. The maximum absolute atomic E-state index is 11.0. The smallest absolute Gasteiger partial charge is 0.358 e. The average Bonchev–Trinajstić information content (AvgIpc) is 2.51. The van der Waals surface area contributed by atoms with Crippen molar-refractivity contribution in [2.45, 2.75) is 32.6 Å². The van der Waals surface area contributed by atoms with Gasteiger partial charge in [-0.05, 0) is 31.4 Å². The topological polar surface area (TPSA) is 77.9 Å². The third-order valence-electron chi connectivity index (χ3n) is 3.77. The molecule has 1 aliphatic rings. The summed E-state index contributed by atoms with van der Waals surface area (Å²) in [6, 6.07) is 3.31. The molecule has 6 nitrogen and oxygen atoms in total. The van der Waals surface area contributed by atoms with Crippen LogP contribution in [0.2, 0.25) is 0 Å². The molecule has 2 heterocycles. The van der Waals surface area contributed by atoms with Gasteiger partial charge in [-0.15, -0.1) is 0 Å². The fourth-order valence-corrected chi connectivity index (χ4v) is 2.36. The molecule has 0 spiro atoms. The molecule has 0 aliphatic carbocycles. The fraction of sp³-hybridized carbons (Fsp3) is 0.647. The van der Waals surface area contributed by atoms with Crippen LogP contribution in [0.25, 0.3) is 0 Å². The Hall–Kier alpha value is -1.66. The van der Waals surface area contributed by atoms with Crippen molar-refractivity contribution in [3.05, 3.63) is 24.0 Å². The van der Waals surface area contributed by atoms with Crippen LogP contribution in [0.5, 0.6) is 5.75 Å². The lowest BCUT2D eigenvalue weighted by Crippen LogP contribution is -2.43. The highest BCUT2D eigenvalue weighted by Gasteiger charge is 2.33. The number of carbonyl (C=O) groups is 1. The molecule has 1 fully saturated rings. The molecule has 1 aromatic rings. The van der Waals surface area contributed by atoms with Crippen LogP contribution in [0, 0.1) is 5.41 Å². The molecule has 0 atom stereocenters. The summed E-state index contributed by atoms with van der Waals surface area (Å²) in [6.45, 7) is 5.84. The number of hydrogen-bond acceptors (Lipinski definition) is 5. The van der Waals surface area contributed by atoms with E-state index in [0.29, 0.717) is 12.4 Å². The Labute approximate surface area is 136 Å². The molecule has 0 amide bonds. The van der Waals surface area contributed by atoms with E-state index in [9.17, 15) is 4.79 Å². The van der Waals surface area contributed by atoms with E-state index in [1.54, 1.807) is 12.1 Å². The van der Waals surface area contributed by atoms with Crippen LogP contribution in [-0.2, 0) is 9.47 Å². The lowest BCUT2D eigenvalue weighted by molar-refractivity contribution is -0.137. The van der Waals surface area contributed by atoms with Gasteiger partial charge in [-0.2, -0.15) is 0 Å². The molecular weight excluding hydrogens is 298 g/mol. The summed E-state index contributed by atoms with van der Waals surface area (Å²) in [4.78, 5) is 14.8. The van der Waals surface area contributed by atoms with E-state index in [0.717, 1.165) is 52.1 Å². The predicted molar refractivity (Wildman–Crippen MR) is 84.9 cm³/mol. The fourth-order valence-electron chi connectivity index (χ4n) is 2.36. The summed E-state index contributed by atoms with van der Waals surface area (Å²) in [6.07, 6.45) is 5.48. The monoisotopic (exact) mass is 323 g/mol. The highest BCUT2D eigenvalue weighted by Crippen LogP contribution is 2.26. The Kier molecular flexibility index (Phi) is 6.80. The van der Waals surface area contributed by atoms with Gasteiger partial charge in [0.15, 0.2) is 11.4 Å². The number of aromatic nitrogens is 1. The average molecular weight is 323 g/mol. The predicted octanol–water partition coefficient (Wildman–Crippen LogP) is 2.77. The summed E-state index contributed by atoms with van der Waals surface area (Å²) in [5.41, 5.74) is 0.189. The lowest BCUT2D eigenvalue weighted by atomic mass is 9.90. The van der Waals surface area contributed by atoms with E-state index >= 15 is 0 Å². The minimum atomic E-state index is -1.07. The van der Waals surface area contributed by atoms with Crippen LogP contribution in [0.1, 0.15) is 43.1 Å². The van der Waals surface area contributed by atoms with Crippen molar-refractivity contribution in [2.24, 2.45) is 5.41 Å². The minimum absolute atomic E-state index is 0.0330. The maximum atomic E-state index is 11.0. The molecule has 1 aromatic heterocycles. The molecule has 2 rings (SSSR count). The lowest BCUT2D eigenvalue weighted by Gasteiger charge is -2.37. The molecule has 0 aromatic carbocycles. The summed E-state index contributed by atoms with van der Waals surface area (Å²) >= 11 is 0. The molecule has 1 aliphatic heterocycles. The molecule has 1 N–H and O–H groups in total. The van der Waals surface area contributed by atoms with Gasteiger partial charge >= 0.3 is 5.97 Å². The standard InChI is InChI=1S/C17H25NO5/c1-17(12-22-13-17)11-21-9-4-2-3-5-10-23-14-7-6-8-18-15(14)16(19)20/h6-8H,2-5,9-13H2,1H3,(H,19,20). The largest absolute Gasteiger partial charge is 0.491 e. The SMILES string of the molecule is CC1(COCCCCCCOc2cccnc2C(=O)O)COC1. The van der Waals surface area contributed by atoms with E-state index in [1.165, 1.54) is 6.20 Å². The molecule has 0 bridgehead atoms. The summed E-state index contributed by atoms with van der Waals surface area (Å²) < 4.78 is 16.4. The van der Waals surface area contributed by atoms with Crippen molar-refractivity contribution in [1.29, 1.82) is 0 Å². The van der Waals surface area contributed by atoms with Gasteiger partial charge in [0.05, 0.1) is 26.4 Å². The highest BCUT2D eigenvalue weighted by molar-refractivity contribution is 5.88. The van der Waals surface area contributed by atoms with Gasteiger partial charge in [0.2, 0.25) is 0 Å². The molecule has 0 unspecified atom stereocenters. The molecule has 0 saturated carbocycles. The third-order valence-corrected chi connectivity index (χ3v) is 3.77. The van der Waals surface area contributed by atoms with Gasteiger partial charge in [-0.3, -0.25) is 0 Å². The van der Waals surface area contributed by atoms with E-state index in [1.807, 2.05) is 0 Å². The van der Waals surface area contributed by atoms with Crippen molar-refractivity contribution in [3.63, 3.8) is 0 Å². The Morgan fingerprint density at radius 2 is 2.04 bits per heavy atom. The highest BCUT2D eigenvalue weighted by atomic mass is 16.5. The van der Waals surface area contributed by atoms with Crippen molar-refractivity contribution < 1.29 is 24.1 Å². The van der Waals surface area contributed by atoms with Crippen molar-refractivity contribution in [2.75, 3.05) is 33.0 Å². The normalized spacial score (nSPS) is 15.9. The summed E-state index contributed by atoms with van der Waals surface area (Å²) in [5, 5.41) is 9.00. The first kappa shape index (κ1) is 17.7. The molecule has 0 radical (unpaired) electrons. The first-order valence-electron chi connectivity index (χ1n) is 8.07.